The molecule has 1 aliphatic heterocycles. The van der Waals surface area contributed by atoms with E-state index in [0.29, 0.717) is 31.5 Å². The highest BCUT2D eigenvalue weighted by atomic mass is 19.1. The first-order valence-electron chi connectivity index (χ1n) is 7.88. The van der Waals surface area contributed by atoms with Crippen LogP contribution in [0.1, 0.15) is 44.0 Å². The van der Waals surface area contributed by atoms with Crippen LogP contribution in [0.25, 0.3) is 0 Å². The van der Waals surface area contributed by atoms with Crippen molar-refractivity contribution < 1.29 is 14.0 Å². The summed E-state index contributed by atoms with van der Waals surface area (Å²) in [5.41, 5.74) is 0.0832. The van der Waals surface area contributed by atoms with Crippen molar-refractivity contribution in [3.05, 3.63) is 35.6 Å². The largest absolute Gasteiger partial charge is 0.338 e. The van der Waals surface area contributed by atoms with E-state index in [1.807, 2.05) is 20.8 Å². The number of carbonyl (C=O) groups excluding carboxylic acids is 2. The normalized spacial score (nSPS) is 16.1. The van der Waals surface area contributed by atoms with Gasteiger partial charge in [-0.25, -0.2) is 9.18 Å². The highest BCUT2D eigenvalue weighted by Crippen LogP contribution is 2.15. The molecule has 6 heteroatoms. The predicted molar refractivity (Wildman–Crippen MR) is 86.7 cm³/mol. The first kappa shape index (κ1) is 17.2. The fourth-order valence-corrected chi connectivity index (χ4v) is 2.59. The third kappa shape index (κ3) is 5.23. The molecule has 1 fully saturated rings. The minimum absolute atomic E-state index is 0.0499. The van der Waals surface area contributed by atoms with Gasteiger partial charge in [-0.2, -0.15) is 0 Å². The van der Waals surface area contributed by atoms with Gasteiger partial charge in [-0.15, -0.1) is 0 Å². The van der Waals surface area contributed by atoms with Gasteiger partial charge in [0, 0.05) is 30.2 Å². The number of nitrogens with zero attached hydrogens (tertiary/aromatic N) is 1. The highest BCUT2D eigenvalue weighted by Gasteiger charge is 2.25. The Morgan fingerprint density at radius 1 is 1.22 bits per heavy atom. The molecule has 0 saturated carbocycles. The molecule has 0 aromatic heterocycles. The van der Waals surface area contributed by atoms with Crippen LogP contribution in [-0.2, 0) is 0 Å². The molecule has 0 radical (unpaired) electrons. The Morgan fingerprint density at radius 2 is 1.87 bits per heavy atom. The van der Waals surface area contributed by atoms with Crippen LogP contribution < -0.4 is 10.6 Å². The number of amides is 3. The van der Waals surface area contributed by atoms with E-state index in [-0.39, 0.29) is 23.5 Å². The molecule has 1 heterocycles. The van der Waals surface area contributed by atoms with Gasteiger partial charge < -0.3 is 15.5 Å². The van der Waals surface area contributed by atoms with Crippen LogP contribution in [-0.4, -0.2) is 41.5 Å². The Labute approximate surface area is 136 Å². The number of rotatable bonds is 2. The predicted octanol–water partition coefficient (Wildman–Crippen LogP) is 2.53. The first-order valence-corrected chi connectivity index (χ1v) is 7.88. The van der Waals surface area contributed by atoms with Crippen molar-refractivity contribution in [1.82, 2.24) is 15.5 Å². The summed E-state index contributed by atoms with van der Waals surface area (Å²) in [5.74, 6) is -0.576. The van der Waals surface area contributed by atoms with E-state index in [9.17, 15) is 14.0 Å². The quantitative estimate of drug-likeness (QED) is 0.879. The highest BCUT2D eigenvalue weighted by molar-refractivity contribution is 5.94. The third-order valence-corrected chi connectivity index (χ3v) is 3.68. The third-order valence-electron chi connectivity index (χ3n) is 3.68. The zero-order valence-electron chi connectivity index (χ0n) is 13.9. The maximum absolute atomic E-state index is 13.2. The van der Waals surface area contributed by atoms with Crippen LogP contribution in [0.15, 0.2) is 24.3 Å². The summed E-state index contributed by atoms with van der Waals surface area (Å²) in [6.07, 6.45) is 1.39. The van der Waals surface area contributed by atoms with E-state index in [2.05, 4.69) is 10.6 Å². The van der Waals surface area contributed by atoms with E-state index in [1.165, 1.54) is 18.2 Å². The average molecular weight is 321 g/mol. The Morgan fingerprint density at radius 3 is 2.43 bits per heavy atom. The van der Waals surface area contributed by atoms with Crippen molar-refractivity contribution >= 4 is 11.9 Å². The topological polar surface area (TPSA) is 61.4 Å². The molecule has 1 saturated heterocycles. The van der Waals surface area contributed by atoms with Gasteiger partial charge in [0.1, 0.15) is 5.82 Å². The molecule has 3 amide bonds. The van der Waals surface area contributed by atoms with E-state index in [0.717, 1.165) is 0 Å². The maximum atomic E-state index is 13.2. The lowest BCUT2D eigenvalue weighted by Gasteiger charge is -2.33. The van der Waals surface area contributed by atoms with Gasteiger partial charge in [0.2, 0.25) is 0 Å². The van der Waals surface area contributed by atoms with Crippen LogP contribution in [0.4, 0.5) is 9.18 Å². The lowest BCUT2D eigenvalue weighted by atomic mass is 10.0. The molecule has 0 aliphatic carbocycles. The molecule has 2 rings (SSSR count). The van der Waals surface area contributed by atoms with E-state index >= 15 is 0 Å². The summed E-state index contributed by atoms with van der Waals surface area (Å²) in [7, 11) is 0. The van der Waals surface area contributed by atoms with Gasteiger partial charge in [-0.05, 0) is 51.8 Å². The number of benzene rings is 1. The fraction of sp³-hybridized carbons (Fsp3) is 0.529. The molecule has 0 spiro atoms. The minimum atomic E-state index is -0.411. The van der Waals surface area contributed by atoms with Gasteiger partial charge in [0.15, 0.2) is 0 Å². The van der Waals surface area contributed by atoms with Gasteiger partial charge in [-0.1, -0.05) is 6.07 Å². The summed E-state index contributed by atoms with van der Waals surface area (Å²) in [4.78, 5) is 25.9. The Balaban J connectivity index is 1.84. The van der Waals surface area contributed by atoms with Gasteiger partial charge in [-0.3, -0.25) is 4.79 Å². The zero-order chi connectivity index (χ0) is 17.0. The van der Waals surface area contributed by atoms with Crippen molar-refractivity contribution in [3.8, 4) is 0 Å². The van der Waals surface area contributed by atoms with Crippen molar-refractivity contribution in [1.29, 1.82) is 0 Å². The molecule has 0 unspecified atom stereocenters. The van der Waals surface area contributed by atoms with Crippen LogP contribution in [0, 0.1) is 5.82 Å². The van der Waals surface area contributed by atoms with Crippen LogP contribution >= 0.6 is 0 Å². The number of hydrogen-bond acceptors (Lipinski definition) is 2. The van der Waals surface area contributed by atoms with Gasteiger partial charge in [0.05, 0.1) is 0 Å². The van der Waals surface area contributed by atoms with Crippen molar-refractivity contribution in [2.45, 2.75) is 45.2 Å². The molecule has 0 atom stereocenters. The second kappa shape index (κ2) is 6.98. The van der Waals surface area contributed by atoms with E-state index in [4.69, 9.17) is 0 Å². The zero-order valence-corrected chi connectivity index (χ0v) is 13.9. The number of piperidine rings is 1. The Hall–Kier alpha value is -2.11. The molecule has 1 aromatic rings. The summed E-state index contributed by atoms with van der Waals surface area (Å²) in [6, 6.07) is 5.59. The maximum Gasteiger partial charge on any atom is 0.315 e. The number of nitrogens with one attached hydrogen (secondary N) is 2. The fourth-order valence-electron chi connectivity index (χ4n) is 2.59. The van der Waals surface area contributed by atoms with Crippen molar-refractivity contribution in [2.24, 2.45) is 0 Å². The molecular weight excluding hydrogens is 297 g/mol. The monoisotopic (exact) mass is 321 g/mol. The smallest absolute Gasteiger partial charge is 0.315 e. The Bertz CT molecular complexity index is 575. The molecule has 1 aromatic carbocycles. The van der Waals surface area contributed by atoms with E-state index in [1.54, 1.807) is 11.0 Å². The van der Waals surface area contributed by atoms with Gasteiger partial charge in [0.25, 0.3) is 5.91 Å². The molecular formula is C17H24FN3O2. The van der Waals surface area contributed by atoms with E-state index < -0.39 is 5.82 Å². The lowest BCUT2D eigenvalue weighted by molar-refractivity contribution is 0.0707. The average Bonchev–Trinajstić information content (AvgIpc) is 2.45. The molecule has 1 aliphatic rings. The lowest BCUT2D eigenvalue weighted by Crippen LogP contribution is -2.52. The van der Waals surface area contributed by atoms with Crippen molar-refractivity contribution in [3.63, 3.8) is 0 Å². The summed E-state index contributed by atoms with van der Waals surface area (Å²) >= 11 is 0. The number of halogens is 1. The van der Waals surface area contributed by atoms with Crippen LogP contribution in [0.3, 0.4) is 0 Å². The summed E-state index contributed by atoms with van der Waals surface area (Å²) in [5, 5.41) is 5.80. The first-order chi connectivity index (χ1) is 10.7. The SMILES string of the molecule is CC(C)(C)NC(=O)NC1CCN(C(=O)c2cccc(F)c2)CC1. The second-order valence-corrected chi connectivity index (χ2v) is 6.93. The summed E-state index contributed by atoms with van der Waals surface area (Å²) < 4.78 is 13.2. The summed E-state index contributed by atoms with van der Waals surface area (Å²) in [6.45, 7) is 6.87. The minimum Gasteiger partial charge on any atom is -0.338 e. The number of urea groups is 1. The van der Waals surface area contributed by atoms with Crippen molar-refractivity contribution in [2.75, 3.05) is 13.1 Å². The van der Waals surface area contributed by atoms with Crippen LogP contribution in [0.5, 0.6) is 0 Å². The van der Waals surface area contributed by atoms with Crippen LogP contribution in [0.2, 0.25) is 0 Å². The van der Waals surface area contributed by atoms with Gasteiger partial charge >= 0.3 is 6.03 Å². The standard InChI is InChI=1S/C17H24FN3O2/c1-17(2,3)20-16(23)19-14-7-9-21(10-8-14)15(22)12-5-4-6-13(18)11-12/h4-6,11,14H,7-10H2,1-3H3,(H2,19,20,23). The molecule has 23 heavy (non-hydrogen) atoms. The number of likely N-dealkylation sites (tertiary alicyclic amines) is 1. The molecule has 126 valence electrons. The Kier molecular flexibility index (Phi) is 5.23. The second-order valence-electron chi connectivity index (χ2n) is 6.93. The molecule has 2 N–H and O–H groups in total. The molecule has 5 nitrogen and oxygen atoms in total. The molecule has 0 bridgehead atoms. The number of carbonyl (C=O) groups is 2. The number of hydrogen-bond donors (Lipinski definition) is 2.